The summed E-state index contributed by atoms with van der Waals surface area (Å²) in [6.45, 7) is 0. The van der Waals surface area contributed by atoms with Crippen molar-refractivity contribution in [1.29, 1.82) is 0 Å². The molecule has 0 N–H and O–H groups in total. The van der Waals surface area contributed by atoms with Gasteiger partial charge in [0.15, 0.2) is 5.78 Å². The number of Topliss-reactive ketones (excluding diaryl/α,β-unsaturated/α-hetero) is 1. The van der Waals surface area contributed by atoms with Gasteiger partial charge in [-0.3, -0.25) is 14.8 Å². The minimum Gasteiger partial charge on any atom is -0.294 e. The van der Waals surface area contributed by atoms with E-state index in [1.807, 2.05) is 18.2 Å². The highest BCUT2D eigenvalue weighted by Gasteiger charge is 2.21. The molecule has 0 aromatic carbocycles. The SMILES string of the molecule is O=C1CCCc2nccc(-c3ccncc3)c21. The highest BCUT2D eigenvalue weighted by molar-refractivity contribution is 6.04. The van der Waals surface area contributed by atoms with Crippen molar-refractivity contribution in [1.82, 2.24) is 9.97 Å². The van der Waals surface area contributed by atoms with E-state index in [0.29, 0.717) is 6.42 Å². The van der Waals surface area contributed by atoms with Crippen molar-refractivity contribution in [3.63, 3.8) is 0 Å². The van der Waals surface area contributed by atoms with Crippen molar-refractivity contribution in [2.45, 2.75) is 19.3 Å². The summed E-state index contributed by atoms with van der Waals surface area (Å²) in [6, 6.07) is 5.77. The van der Waals surface area contributed by atoms with Crippen LogP contribution in [0.15, 0.2) is 36.8 Å². The van der Waals surface area contributed by atoms with Gasteiger partial charge in [-0.2, -0.15) is 0 Å². The van der Waals surface area contributed by atoms with Crippen molar-refractivity contribution >= 4 is 5.78 Å². The molecule has 0 radical (unpaired) electrons. The summed E-state index contributed by atoms with van der Waals surface area (Å²) in [6.07, 6.45) is 7.73. The van der Waals surface area contributed by atoms with Gasteiger partial charge in [0.1, 0.15) is 0 Å². The van der Waals surface area contributed by atoms with Crippen molar-refractivity contribution in [2.75, 3.05) is 0 Å². The molecule has 2 heterocycles. The molecule has 0 amide bonds. The molecule has 0 atom stereocenters. The molecule has 84 valence electrons. The molecule has 0 unspecified atom stereocenters. The molecule has 0 saturated heterocycles. The number of hydrogen-bond acceptors (Lipinski definition) is 3. The summed E-state index contributed by atoms with van der Waals surface area (Å²) in [4.78, 5) is 20.3. The van der Waals surface area contributed by atoms with Gasteiger partial charge in [0.2, 0.25) is 0 Å². The van der Waals surface area contributed by atoms with E-state index >= 15 is 0 Å². The Morgan fingerprint density at radius 3 is 2.65 bits per heavy atom. The Labute approximate surface area is 99.5 Å². The van der Waals surface area contributed by atoms with Crippen LogP contribution in [0.4, 0.5) is 0 Å². The van der Waals surface area contributed by atoms with Crippen LogP contribution >= 0.6 is 0 Å². The second kappa shape index (κ2) is 4.09. The van der Waals surface area contributed by atoms with E-state index in [-0.39, 0.29) is 5.78 Å². The summed E-state index contributed by atoms with van der Waals surface area (Å²) in [5.41, 5.74) is 3.77. The predicted molar refractivity (Wildman–Crippen MR) is 64.7 cm³/mol. The first-order valence-electron chi connectivity index (χ1n) is 5.78. The standard InChI is InChI=1S/C14H12N2O/c17-13-3-1-2-12-14(13)11(6-9-16-12)10-4-7-15-8-5-10/h4-9H,1-3H2. The summed E-state index contributed by atoms with van der Waals surface area (Å²) in [5, 5.41) is 0. The van der Waals surface area contributed by atoms with E-state index in [9.17, 15) is 4.79 Å². The Balaban J connectivity index is 2.21. The van der Waals surface area contributed by atoms with Crippen molar-refractivity contribution in [2.24, 2.45) is 0 Å². The first-order chi connectivity index (χ1) is 8.36. The van der Waals surface area contributed by atoms with E-state index in [1.54, 1.807) is 18.6 Å². The molecule has 2 aromatic heterocycles. The van der Waals surface area contributed by atoms with Crippen molar-refractivity contribution < 1.29 is 4.79 Å². The zero-order chi connectivity index (χ0) is 11.7. The number of rotatable bonds is 1. The molecule has 2 aromatic rings. The molecule has 0 fully saturated rings. The van der Waals surface area contributed by atoms with Gasteiger partial charge in [-0.05, 0) is 42.2 Å². The average Bonchev–Trinajstić information content (AvgIpc) is 2.39. The fourth-order valence-corrected chi connectivity index (χ4v) is 2.32. The lowest BCUT2D eigenvalue weighted by Gasteiger charge is -2.17. The van der Waals surface area contributed by atoms with Crippen LogP contribution in [0.25, 0.3) is 11.1 Å². The summed E-state index contributed by atoms with van der Waals surface area (Å²) in [7, 11) is 0. The van der Waals surface area contributed by atoms with Gasteiger partial charge in [-0.1, -0.05) is 0 Å². The molecule has 0 aliphatic heterocycles. The van der Waals surface area contributed by atoms with Crippen molar-refractivity contribution in [3.8, 4) is 11.1 Å². The van der Waals surface area contributed by atoms with Crippen LogP contribution in [0.3, 0.4) is 0 Å². The van der Waals surface area contributed by atoms with Gasteiger partial charge in [0.25, 0.3) is 0 Å². The van der Waals surface area contributed by atoms with E-state index in [1.165, 1.54) is 0 Å². The average molecular weight is 224 g/mol. The number of pyridine rings is 2. The number of fused-ring (bicyclic) bond motifs is 1. The third-order valence-electron chi connectivity index (χ3n) is 3.12. The van der Waals surface area contributed by atoms with Gasteiger partial charge < -0.3 is 0 Å². The highest BCUT2D eigenvalue weighted by Crippen LogP contribution is 2.29. The molecule has 17 heavy (non-hydrogen) atoms. The molecule has 3 nitrogen and oxygen atoms in total. The highest BCUT2D eigenvalue weighted by atomic mass is 16.1. The van der Waals surface area contributed by atoms with E-state index in [2.05, 4.69) is 9.97 Å². The molecule has 0 saturated carbocycles. The lowest BCUT2D eigenvalue weighted by atomic mass is 9.89. The number of carbonyl (C=O) groups is 1. The van der Waals surface area contributed by atoms with Gasteiger partial charge in [-0.25, -0.2) is 0 Å². The second-order valence-electron chi connectivity index (χ2n) is 4.19. The number of hydrogen-bond donors (Lipinski definition) is 0. The lowest BCUT2D eigenvalue weighted by molar-refractivity contribution is 0.0972. The van der Waals surface area contributed by atoms with E-state index in [0.717, 1.165) is 35.2 Å². The maximum absolute atomic E-state index is 12.0. The third-order valence-corrected chi connectivity index (χ3v) is 3.12. The minimum absolute atomic E-state index is 0.214. The molecule has 3 rings (SSSR count). The number of ketones is 1. The Kier molecular flexibility index (Phi) is 2.44. The number of aryl methyl sites for hydroxylation is 1. The summed E-state index contributed by atoms with van der Waals surface area (Å²) < 4.78 is 0. The molecular formula is C14H12N2O. The Hall–Kier alpha value is -2.03. The maximum atomic E-state index is 12.0. The monoisotopic (exact) mass is 224 g/mol. The fourth-order valence-electron chi connectivity index (χ4n) is 2.32. The Bertz CT molecular complexity index is 564. The van der Waals surface area contributed by atoms with Crippen LogP contribution in [0, 0.1) is 0 Å². The second-order valence-corrected chi connectivity index (χ2v) is 4.19. The molecule has 0 spiro atoms. The smallest absolute Gasteiger partial charge is 0.165 e. The topological polar surface area (TPSA) is 42.9 Å². The van der Waals surface area contributed by atoms with E-state index < -0.39 is 0 Å². The van der Waals surface area contributed by atoms with Gasteiger partial charge in [-0.15, -0.1) is 0 Å². The first kappa shape index (κ1) is 10.1. The fraction of sp³-hybridized carbons (Fsp3) is 0.214. The zero-order valence-electron chi connectivity index (χ0n) is 9.39. The third kappa shape index (κ3) is 1.73. The van der Waals surface area contributed by atoms with Crippen LogP contribution in [0.1, 0.15) is 28.9 Å². The first-order valence-corrected chi connectivity index (χ1v) is 5.78. The van der Waals surface area contributed by atoms with Crippen molar-refractivity contribution in [3.05, 3.63) is 48.0 Å². The molecular weight excluding hydrogens is 212 g/mol. The summed E-state index contributed by atoms with van der Waals surface area (Å²) >= 11 is 0. The van der Waals surface area contributed by atoms with Crippen LogP contribution in [-0.2, 0) is 6.42 Å². The van der Waals surface area contributed by atoms with E-state index in [4.69, 9.17) is 0 Å². The van der Waals surface area contributed by atoms with Crippen LogP contribution in [0.5, 0.6) is 0 Å². The normalized spacial score (nSPS) is 14.5. The molecule has 1 aliphatic carbocycles. The molecule has 1 aliphatic rings. The Morgan fingerprint density at radius 1 is 1.00 bits per heavy atom. The Morgan fingerprint density at radius 2 is 1.82 bits per heavy atom. The van der Waals surface area contributed by atoms with Gasteiger partial charge in [0, 0.05) is 30.6 Å². The van der Waals surface area contributed by atoms with Crippen LogP contribution < -0.4 is 0 Å². The van der Waals surface area contributed by atoms with Crippen LogP contribution in [0.2, 0.25) is 0 Å². The number of aromatic nitrogens is 2. The summed E-state index contributed by atoms with van der Waals surface area (Å²) in [5.74, 6) is 0.214. The van der Waals surface area contributed by atoms with Crippen LogP contribution in [-0.4, -0.2) is 15.8 Å². The zero-order valence-corrected chi connectivity index (χ0v) is 9.39. The quantitative estimate of drug-likeness (QED) is 0.747. The number of carbonyl (C=O) groups excluding carboxylic acids is 1. The lowest BCUT2D eigenvalue weighted by Crippen LogP contribution is -2.13. The predicted octanol–water partition coefficient (Wildman–Crippen LogP) is 2.66. The molecule has 3 heteroatoms. The number of nitrogens with zero attached hydrogens (tertiary/aromatic N) is 2. The molecule has 0 bridgehead atoms. The van der Waals surface area contributed by atoms with Gasteiger partial charge in [0.05, 0.1) is 5.69 Å². The van der Waals surface area contributed by atoms with Gasteiger partial charge >= 0.3 is 0 Å². The maximum Gasteiger partial charge on any atom is 0.165 e. The largest absolute Gasteiger partial charge is 0.294 e. The minimum atomic E-state index is 0.214.